The lowest BCUT2D eigenvalue weighted by molar-refractivity contribution is -0.117. The van der Waals surface area contributed by atoms with Crippen LogP contribution in [0.3, 0.4) is 0 Å². The van der Waals surface area contributed by atoms with E-state index in [4.69, 9.17) is 16.3 Å². The van der Waals surface area contributed by atoms with Crippen LogP contribution in [0.15, 0.2) is 24.3 Å². The maximum absolute atomic E-state index is 11.7. The van der Waals surface area contributed by atoms with Gasteiger partial charge in [-0.3, -0.25) is 15.0 Å². The number of nitrogens with one attached hydrogen (secondary N) is 1. The Morgan fingerprint density at radius 3 is 2.65 bits per heavy atom. The number of carbonyl (C=O) groups is 2. The molecule has 0 saturated carbocycles. The molecule has 1 aromatic carbocycles. The van der Waals surface area contributed by atoms with Gasteiger partial charge in [0.25, 0.3) is 0 Å². The van der Waals surface area contributed by atoms with Crippen LogP contribution >= 0.6 is 11.6 Å². The summed E-state index contributed by atoms with van der Waals surface area (Å²) in [7, 11) is 3.04. The number of hydrogen-bond acceptors (Lipinski definition) is 3. The average molecular weight is 257 g/mol. The molecule has 0 spiro atoms. The van der Waals surface area contributed by atoms with Crippen LogP contribution in [0.25, 0.3) is 0 Å². The van der Waals surface area contributed by atoms with Gasteiger partial charge in [-0.1, -0.05) is 12.1 Å². The molecule has 0 unspecified atom stereocenters. The molecule has 0 heterocycles. The van der Waals surface area contributed by atoms with Crippen LogP contribution in [0.1, 0.15) is 0 Å². The molecule has 3 amide bonds. The first kappa shape index (κ1) is 13.3. The molecule has 1 rings (SSSR count). The van der Waals surface area contributed by atoms with Crippen LogP contribution in [0.5, 0.6) is 5.75 Å². The first-order valence-electron chi connectivity index (χ1n) is 4.86. The van der Waals surface area contributed by atoms with Crippen molar-refractivity contribution in [1.29, 1.82) is 0 Å². The number of anilines is 1. The number of urea groups is 1. The first-order chi connectivity index (χ1) is 8.10. The van der Waals surface area contributed by atoms with Gasteiger partial charge in [-0.15, -0.1) is 11.6 Å². The lowest BCUT2D eigenvalue weighted by Crippen LogP contribution is -2.41. The maximum Gasteiger partial charge on any atom is 0.328 e. The van der Waals surface area contributed by atoms with Gasteiger partial charge < -0.3 is 4.74 Å². The molecule has 0 aliphatic rings. The molecule has 0 aliphatic carbocycles. The van der Waals surface area contributed by atoms with Gasteiger partial charge >= 0.3 is 6.03 Å². The summed E-state index contributed by atoms with van der Waals surface area (Å²) < 4.78 is 5.12. The van der Waals surface area contributed by atoms with Gasteiger partial charge in [0.1, 0.15) is 11.6 Å². The zero-order valence-corrected chi connectivity index (χ0v) is 10.3. The summed E-state index contributed by atoms with van der Waals surface area (Å²) in [5.74, 6) is -0.257. The van der Waals surface area contributed by atoms with Crippen LogP contribution in [0.2, 0.25) is 0 Å². The Morgan fingerprint density at radius 1 is 1.41 bits per heavy atom. The molecule has 17 heavy (non-hydrogen) atoms. The van der Waals surface area contributed by atoms with E-state index < -0.39 is 11.9 Å². The van der Waals surface area contributed by atoms with Crippen LogP contribution in [-0.4, -0.2) is 32.0 Å². The number of carbonyl (C=O) groups excluding carboxylic acids is 2. The third-order valence-corrected chi connectivity index (χ3v) is 2.36. The molecule has 0 saturated heterocycles. The normalized spacial score (nSPS) is 9.59. The molecule has 0 aliphatic heterocycles. The standard InChI is InChI=1S/C11H13ClN2O3/c1-14(11(16)13-10(15)7-12)8-5-3-4-6-9(8)17-2/h3-6H,7H2,1-2H3,(H,13,15,16). The summed E-state index contributed by atoms with van der Waals surface area (Å²) in [6.45, 7) is 0. The van der Waals surface area contributed by atoms with Crippen molar-refractivity contribution < 1.29 is 14.3 Å². The highest BCUT2D eigenvalue weighted by atomic mass is 35.5. The molecule has 1 N–H and O–H groups in total. The maximum atomic E-state index is 11.7. The first-order valence-corrected chi connectivity index (χ1v) is 5.40. The van der Waals surface area contributed by atoms with Crippen LogP contribution in [-0.2, 0) is 4.79 Å². The molecular weight excluding hydrogens is 244 g/mol. The smallest absolute Gasteiger partial charge is 0.328 e. The molecule has 0 atom stereocenters. The summed E-state index contributed by atoms with van der Waals surface area (Å²) in [6.07, 6.45) is 0. The predicted octanol–water partition coefficient (Wildman–Crippen LogP) is 1.61. The molecule has 0 aromatic heterocycles. The summed E-state index contributed by atoms with van der Waals surface area (Å²) >= 11 is 5.30. The van der Waals surface area contributed by atoms with Crippen molar-refractivity contribution in [1.82, 2.24) is 5.32 Å². The second-order valence-electron chi connectivity index (χ2n) is 3.22. The topological polar surface area (TPSA) is 58.6 Å². The van der Waals surface area contributed by atoms with Crippen LogP contribution in [0.4, 0.5) is 10.5 Å². The lowest BCUT2D eigenvalue weighted by Gasteiger charge is -2.19. The van der Waals surface area contributed by atoms with Crippen molar-refractivity contribution in [3.63, 3.8) is 0 Å². The van der Waals surface area contributed by atoms with Gasteiger partial charge in [0, 0.05) is 7.05 Å². The Morgan fingerprint density at radius 2 is 2.06 bits per heavy atom. The van der Waals surface area contributed by atoms with E-state index in [9.17, 15) is 9.59 Å². The number of halogens is 1. The number of nitrogens with zero attached hydrogens (tertiary/aromatic N) is 1. The van der Waals surface area contributed by atoms with E-state index in [-0.39, 0.29) is 5.88 Å². The monoisotopic (exact) mass is 256 g/mol. The Hall–Kier alpha value is -1.75. The van der Waals surface area contributed by atoms with Crippen molar-refractivity contribution in [2.75, 3.05) is 24.9 Å². The van der Waals surface area contributed by atoms with E-state index in [0.29, 0.717) is 11.4 Å². The van der Waals surface area contributed by atoms with E-state index in [0.717, 1.165) is 0 Å². The molecular formula is C11H13ClN2O3. The van der Waals surface area contributed by atoms with Crippen molar-refractivity contribution in [2.24, 2.45) is 0 Å². The largest absolute Gasteiger partial charge is 0.495 e. The molecule has 1 aromatic rings. The minimum Gasteiger partial charge on any atom is -0.495 e. The zero-order chi connectivity index (χ0) is 12.8. The van der Waals surface area contributed by atoms with Gasteiger partial charge in [-0.2, -0.15) is 0 Å². The summed E-state index contributed by atoms with van der Waals surface area (Å²) in [5.41, 5.74) is 0.565. The van der Waals surface area contributed by atoms with Crippen molar-refractivity contribution in [2.45, 2.75) is 0 Å². The Kier molecular flexibility index (Phi) is 4.78. The minimum absolute atomic E-state index is 0.258. The number of hydrogen-bond donors (Lipinski definition) is 1. The zero-order valence-electron chi connectivity index (χ0n) is 9.57. The molecule has 6 heteroatoms. The Labute approximate surface area is 104 Å². The van der Waals surface area contributed by atoms with Gasteiger partial charge in [-0.25, -0.2) is 4.79 Å². The highest BCUT2D eigenvalue weighted by Crippen LogP contribution is 2.26. The number of imide groups is 1. The molecule has 0 radical (unpaired) electrons. The Bertz CT molecular complexity index is 423. The van der Waals surface area contributed by atoms with E-state index in [1.54, 1.807) is 24.3 Å². The number of ether oxygens (including phenoxy) is 1. The SMILES string of the molecule is COc1ccccc1N(C)C(=O)NC(=O)CCl. The lowest BCUT2D eigenvalue weighted by atomic mass is 10.3. The Balaban J connectivity index is 2.84. The summed E-state index contributed by atoms with van der Waals surface area (Å²) in [5, 5.41) is 2.14. The molecule has 5 nitrogen and oxygen atoms in total. The number of para-hydroxylation sites is 2. The molecule has 92 valence electrons. The van der Waals surface area contributed by atoms with Crippen LogP contribution in [0, 0.1) is 0 Å². The van der Waals surface area contributed by atoms with Crippen molar-refractivity contribution in [3.05, 3.63) is 24.3 Å². The highest BCUT2D eigenvalue weighted by Gasteiger charge is 2.16. The van der Waals surface area contributed by atoms with Gasteiger partial charge in [0.15, 0.2) is 0 Å². The number of benzene rings is 1. The highest BCUT2D eigenvalue weighted by molar-refractivity contribution is 6.28. The third-order valence-electron chi connectivity index (χ3n) is 2.12. The summed E-state index contributed by atoms with van der Waals surface area (Å²) in [4.78, 5) is 23.9. The van der Waals surface area contributed by atoms with Crippen LogP contribution < -0.4 is 15.0 Å². The molecule has 0 bridgehead atoms. The van der Waals surface area contributed by atoms with E-state index >= 15 is 0 Å². The van der Waals surface area contributed by atoms with E-state index in [1.807, 2.05) is 0 Å². The number of rotatable bonds is 3. The number of methoxy groups -OCH3 is 1. The fourth-order valence-electron chi connectivity index (χ4n) is 1.25. The predicted molar refractivity (Wildman–Crippen MR) is 65.7 cm³/mol. The second kappa shape index (κ2) is 6.10. The number of amides is 3. The third kappa shape index (κ3) is 3.35. The van der Waals surface area contributed by atoms with Gasteiger partial charge in [0.05, 0.1) is 12.8 Å². The van der Waals surface area contributed by atoms with Crippen molar-refractivity contribution in [3.8, 4) is 5.75 Å². The number of alkyl halides is 1. The fourth-order valence-corrected chi connectivity index (χ4v) is 1.32. The quantitative estimate of drug-likeness (QED) is 0.836. The summed E-state index contributed by atoms with van der Waals surface area (Å²) in [6, 6.07) is 6.44. The van der Waals surface area contributed by atoms with E-state index in [1.165, 1.54) is 19.1 Å². The van der Waals surface area contributed by atoms with E-state index in [2.05, 4.69) is 5.32 Å². The van der Waals surface area contributed by atoms with Crippen molar-refractivity contribution >= 4 is 29.2 Å². The fraction of sp³-hybridized carbons (Fsp3) is 0.273. The second-order valence-corrected chi connectivity index (χ2v) is 3.49. The average Bonchev–Trinajstić information content (AvgIpc) is 2.37. The van der Waals surface area contributed by atoms with Gasteiger partial charge in [0.2, 0.25) is 5.91 Å². The minimum atomic E-state index is -0.555. The van der Waals surface area contributed by atoms with Gasteiger partial charge in [-0.05, 0) is 12.1 Å². The molecule has 0 fully saturated rings.